The van der Waals surface area contributed by atoms with E-state index >= 15 is 0 Å². The van der Waals surface area contributed by atoms with Crippen LogP contribution in [0.15, 0.2) is 24.3 Å². The van der Waals surface area contributed by atoms with Crippen LogP contribution in [-0.4, -0.2) is 30.4 Å². The molecule has 0 saturated carbocycles. The van der Waals surface area contributed by atoms with Crippen LogP contribution >= 0.6 is 11.6 Å². The zero-order valence-electron chi connectivity index (χ0n) is 9.56. The molecule has 0 saturated heterocycles. The smallest absolute Gasteiger partial charge is 0.332 e. The molecule has 0 spiro atoms. The summed E-state index contributed by atoms with van der Waals surface area (Å²) in [6, 6.07) is 7.06. The Morgan fingerprint density at radius 2 is 2.00 bits per heavy atom. The third kappa shape index (κ3) is 5.56. The zero-order chi connectivity index (χ0) is 12.7. The molecule has 0 aromatic heterocycles. The maximum Gasteiger partial charge on any atom is 0.332 e. The first kappa shape index (κ1) is 13.8. The van der Waals surface area contributed by atoms with Gasteiger partial charge < -0.3 is 14.6 Å². The van der Waals surface area contributed by atoms with Crippen LogP contribution < -0.4 is 4.74 Å². The first-order chi connectivity index (χ1) is 8.09. The van der Waals surface area contributed by atoms with Gasteiger partial charge in [0.25, 0.3) is 0 Å². The summed E-state index contributed by atoms with van der Waals surface area (Å²) in [5.41, 5.74) is 0. The van der Waals surface area contributed by atoms with Gasteiger partial charge in [0, 0.05) is 11.4 Å². The van der Waals surface area contributed by atoms with Gasteiger partial charge in [-0.3, -0.25) is 0 Å². The van der Waals surface area contributed by atoms with Gasteiger partial charge in [-0.15, -0.1) is 0 Å². The lowest BCUT2D eigenvalue weighted by atomic mass is 10.3. The third-order valence-corrected chi connectivity index (χ3v) is 2.34. The van der Waals surface area contributed by atoms with Crippen LogP contribution in [0.2, 0.25) is 5.02 Å². The number of carboxylic acids is 1. The molecule has 5 heteroatoms. The molecule has 0 fully saturated rings. The van der Waals surface area contributed by atoms with E-state index in [-0.39, 0.29) is 0 Å². The fourth-order valence-electron chi connectivity index (χ4n) is 1.11. The normalized spacial score (nSPS) is 12.1. The summed E-state index contributed by atoms with van der Waals surface area (Å²) >= 11 is 5.73. The Morgan fingerprint density at radius 1 is 1.35 bits per heavy atom. The lowest BCUT2D eigenvalue weighted by Crippen LogP contribution is -2.20. The van der Waals surface area contributed by atoms with Crippen LogP contribution in [-0.2, 0) is 9.53 Å². The van der Waals surface area contributed by atoms with Crippen molar-refractivity contribution >= 4 is 17.6 Å². The topological polar surface area (TPSA) is 55.8 Å². The summed E-state index contributed by atoms with van der Waals surface area (Å²) in [5, 5.41) is 9.24. The molecule has 0 bridgehead atoms. The minimum Gasteiger partial charge on any atom is -0.494 e. The molecule has 1 aromatic carbocycles. The SMILES string of the molecule is C[C@H](OCCCOc1ccc(Cl)cc1)C(=O)O. The van der Waals surface area contributed by atoms with E-state index in [1.54, 1.807) is 24.3 Å². The van der Waals surface area contributed by atoms with Gasteiger partial charge in [-0.2, -0.15) is 0 Å². The van der Waals surface area contributed by atoms with Crippen LogP contribution in [0.25, 0.3) is 0 Å². The molecule has 0 radical (unpaired) electrons. The lowest BCUT2D eigenvalue weighted by molar-refractivity contribution is -0.149. The van der Waals surface area contributed by atoms with Crippen molar-refractivity contribution in [2.24, 2.45) is 0 Å². The highest BCUT2D eigenvalue weighted by atomic mass is 35.5. The number of halogens is 1. The molecule has 0 aliphatic rings. The molecule has 0 heterocycles. The molecule has 0 aliphatic heterocycles. The number of hydrogen-bond acceptors (Lipinski definition) is 3. The maximum atomic E-state index is 10.4. The van der Waals surface area contributed by atoms with Gasteiger partial charge in [0.2, 0.25) is 0 Å². The summed E-state index contributed by atoms with van der Waals surface area (Å²) < 4.78 is 10.5. The molecule has 17 heavy (non-hydrogen) atoms. The van der Waals surface area contributed by atoms with E-state index in [9.17, 15) is 4.79 Å². The number of hydrogen-bond donors (Lipinski definition) is 1. The van der Waals surface area contributed by atoms with Crippen molar-refractivity contribution in [1.82, 2.24) is 0 Å². The minimum atomic E-state index is -0.955. The molecule has 0 amide bonds. The van der Waals surface area contributed by atoms with Crippen molar-refractivity contribution in [3.8, 4) is 5.75 Å². The average Bonchev–Trinajstić information content (AvgIpc) is 2.30. The first-order valence-corrected chi connectivity index (χ1v) is 5.70. The van der Waals surface area contributed by atoms with E-state index in [1.165, 1.54) is 6.92 Å². The second kappa shape index (κ2) is 7.14. The van der Waals surface area contributed by atoms with Crippen LogP contribution in [0.4, 0.5) is 0 Å². The van der Waals surface area contributed by atoms with Crippen LogP contribution in [0.5, 0.6) is 5.75 Å². The van der Waals surface area contributed by atoms with E-state index in [1.807, 2.05) is 0 Å². The number of ether oxygens (including phenoxy) is 2. The fraction of sp³-hybridized carbons (Fsp3) is 0.417. The van der Waals surface area contributed by atoms with Crippen molar-refractivity contribution in [3.63, 3.8) is 0 Å². The van der Waals surface area contributed by atoms with Crippen molar-refractivity contribution < 1.29 is 19.4 Å². The number of aliphatic carboxylic acids is 1. The summed E-state index contributed by atoms with van der Waals surface area (Å²) in [7, 11) is 0. The molecule has 0 unspecified atom stereocenters. The van der Waals surface area contributed by atoms with E-state index < -0.39 is 12.1 Å². The Hall–Kier alpha value is -1.26. The maximum absolute atomic E-state index is 10.4. The van der Waals surface area contributed by atoms with E-state index in [4.69, 9.17) is 26.2 Å². The monoisotopic (exact) mass is 258 g/mol. The highest BCUT2D eigenvalue weighted by Crippen LogP contribution is 2.15. The molecule has 1 aromatic rings. The van der Waals surface area contributed by atoms with Gasteiger partial charge in [-0.05, 0) is 31.2 Å². The van der Waals surface area contributed by atoms with Crippen LogP contribution in [0.1, 0.15) is 13.3 Å². The number of carbonyl (C=O) groups is 1. The van der Waals surface area contributed by atoms with Crippen LogP contribution in [0, 0.1) is 0 Å². The predicted molar refractivity (Wildman–Crippen MR) is 64.6 cm³/mol. The van der Waals surface area contributed by atoms with Gasteiger partial charge in [-0.25, -0.2) is 4.79 Å². The lowest BCUT2D eigenvalue weighted by Gasteiger charge is -2.09. The third-order valence-electron chi connectivity index (χ3n) is 2.09. The van der Waals surface area contributed by atoms with E-state index in [2.05, 4.69) is 0 Å². The Labute approximate surface area is 105 Å². The molecular weight excluding hydrogens is 244 g/mol. The van der Waals surface area contributed by atoms with Gasteiger partial charge in [0.1, 0.15) is 5.75 Å². The molecule has 1 atom stereocenters. The fourth-order valence-corrected chi connectivity index (χ4v) is 1.24. The van der Waals surface area contributed by atoms with Crippen molar-refractivity contribution in [1.29, 1.82) is 0 Å². The molecular formula is C12H15ClO4. The van der Waals surface area contributed by atoms with Gasteiger partial charge in [0.15, 0.2) is 6.10 Å². The molecule has 1 rings (SSSR count). The van der Waals surface area contributed by atoms with Gasteiger partial charge >= 0.3 is 5.97 Å². The average molecular weight is 259 g/mol. The summed E-state index contributed by atoms with van der Waals surface area (Å²) in [5.74, 6) is -0.218. The van der Waals surface area contributed by atoms with Crippen molar-refractivity contribution in [3.05, 3.63) is 29.3 Å². The summed E-state index contributed by atoms with van der Waals surface area (Å²) in [4.78, 5) is 10.4. The summed E-state index contributed by atoms with van der Waals surface area (Å²) in [6.45, 7) is 2.34. The van der Waals surface area contributed by atoms with Crippen molar-refractivity contribution in [2.75, 3.05) is 13.2 Å². The second-order valence-electron chi connectivity index (χ2n) is 3.51. The Balaban J connectivity index is 2.12. The number of benzene rings is 1. The number of rotatable bonds is 7. The molecule has 0 aliphatic carbocycles. The first-order valence-electron chi connectivity index (χ1n) is 5.32. The van der Waals surface area contributed by atoms with E-state index in [0.717, 1.165) is 5.75 Å². The quantitative estimate of drug-likeness (QED) is 0.764. The second-order valence-corrected chi connectivity index (χ2v) is 3.94. The predicted octanol–water partition coefficient (Wildman–Crippen LogP) is 2.60. The van der Waals surface area contributed by atoms with Gasteiger partial charge in [0.05, 0.1) is 13.2 Å². The highest BCUT2D eigenvalue weighted by molar-refractivity contribution is 6.30. The van der Waals surface area contributed by atoms with Gasteiger partial charge in [-0.1, -0.05) is 11.6 Å². The van der Waals surface area contributed by atoms with Crippen molar-refractivity contribution in [2.45, 2.75) is 19.4 Å². The summed E-state index contributed by atoms with van der Waals surface area (Å²) in [6.07, 6.45) is -0.134. The zero-order valence-corrected chi connectivity index (χ0v) is 10.3. The molecule has 4 nitrogen and oxygen atoms in total. The number of carboxylic acid groups (broad SMARTS) is 1. The van der Waals surface area contributed by atoms with E-state index in [0.29, 0.717) is 24.7 Å². The molecule has 94 valence electrons. The molecule has 1 N–H and O–H groups in total. The standard InChI is InChI=1S/C12H15ClO4/c1-9(12(14)15)16-7-2-8-17-11-5-3-10(13)4-6-11/h3-6,9H,2,7-8H2,1H3,(H,14,15)/t9-/m0/s1. The minimum absolute atomic E-state index is 0.362. The Kier molecular flexibility index (Phi) is 5.80. The largest absolute Gasteiger partial charge is 0.494 e. The highest BCUT2D eigenvalue weighted by Gasteiger charge is 2.09. The Morgan fingerprint density at radius 3 is 2.59 bits per heavy atom. The Bertz CT molecular complexity index is 350. The van der Waals surface area contributed by atoms with Crippen LogP contribution in [0.3, 0.4) is 0 Å².